The van der Waals surface area contributed by atoms with Crippen molar-refractivity contribution in [1.82, 2.24) is 0 Å². The van der Waals surface area contributed by atoms with E-state index in [1.807, 2.05) is 0 Å². The van der Waals surface area contributed by atoms with E-state index in [2.05, 4.69) is 76.2 Å². The Morgan fingerprint density at radius 3 is 1.95 bits per heavy atom. The molecule has 9 heteroatoms. The standard InChI is InChI=1S/C30H56O7Si2/c1-12-38(13-2,14-3)36-25-16-24-29(10,37-30(25,11)26-19-31-26)17-22-20(34-24)15-21-23(33-22)18-32-39(35-21,27(4,5)6)28(7,8)9/h20-26H,12-19H2,1-11H3/t20-,21+,22+,23-,24+,25-,26+,29-,30-/m1/s1. The average Bonchev–Trinajstić information content (AvgIpc) is 3.70. The number of rotatable bonds is 6. The van der Waals surface area contributed by atoms with E-state index in [4.69, 9.17) is 32.2 Å². The first-order chi connectivity index (χ1) is 18.1. The van der Waals surface area contributed by atoms with Gasteiger partial charge in [0, 0.05) is 29.3 Å². The molecule has 5 rings (SSSR count). The molecule has 0 radical (unpaired) electrons. The lowest BCUT2D eigenvalue weighted by atomic mass is 9.75. The van der Waals surface area contributed by atoms with Gasteiger partial charge in [-0.2, -0.15) is 0 Å². The van der Waals surface area contributed by atoms with Crippen molar-refractivity contribution in [2.75, 3.05) is 13.2 Å². The van der Waals surface area contributed by atoms with Crippen LogP contribution in [0.2, 0.25) is 28.2 Å². The van der Waals surface area contributed by atoms with E-state index in [0.717, 1.165) is 44.0 Å². The maximum atomic E-state index is 7.15. The van der Waals surface area contributed by atoms with E-state index in [1.165, 1.54) is 0 Å². The fourth-order valence-corrected chi connectivity index (χ4v) is 16.2. The van der Waals surface area contributed by atoms with Gasteiger partial charge >= 0.3 is 8.56 Å². The Hall–Kier alpha value is 0.154. The van der Waals surface area contributed by atoms with Crippen LogP contribution >= 0.6 is 0 Å². The molecule has 0 aromatic rings. The molecule has 5 aliphatic heterocycles. The van der Waals surface area contributed by atoms with Gasteiger partial charge in [-0.1, -0.05) is 62.3 Å². The Balaban J connectivity index is 1.37. The van der Waals surface area contributed by atoms with Crippen molar-refractivity contribution in [2.45, 2.75) is 178 Å². The summed E-state index contributed by atoms with van der Waals surface area (Å²) >= 11 is 0. The quantitative estimate of drug-likeness (QED) is 0.261. The molecule has 0 unspecified atom stereocenters. The lowest BCUT2D eigenvalue weighted by Gasteiger charge is -2.61. The summed E-state index contributed by atoms with van der Waals surface area (Å²) in [5.74, 6) is 0. The molecule has 0 bridgehead atoms. The zero-order valence-electron chi connectivity index (χ0n) is 26.6. The monoisotopic (exact) mass is 584 g/mol. The van der Waals surface area contributed by atoms with Gasteiger partial charge in [0.05, 0.1) is 49.3 Å². The SMILES string of the molecule is CC[Si](CC)(CC)O[C@@H]1C[C@@H]2O[C@@H]3C[C@@H]4O[Si](C(C)(C)C)(C(C)(C)C)OC[C@H]4O[C@H]3C[C@@]2(C)O[C@@]1(C)[C@@H]1CO1. The molecule has 5 heterocycles. The molecule has 5 saturated heterocycles. The van der Waals surface area contributed by atoms with Gasteiger partial charge in [-0.25, -0.2) is 0 Å². The first-order valence-corrected chi connectivity index (χ1v) is 20.0. The van der Waals surface area contributed by atoms with Crippen LogP contribution in [0.1, 0.15) is 95.4 Å². The third-order valence-corrected chi connectivity index (χ3v) is 20.6. The molecular weight excluding hydrogens is 528 g/mol. The lowest BCUT2D eigenvalue weighted by molar-refractivity contribution is -0.336. The second kappa shape index (κ2) is 10.1. The topological polar surface area (TPSA) is 67.9 Å². The Morgan fingerprint density at radius 1 is 0.795 bits per heavy atom. The molecule has 0 N–H and O–H groups in total. The second-order valence-electron chi connectivity index (χ2n) is 15.4. The molecule has 0 spiro atoms. The molecule has 5 fully saturated rings. The third kappa shape index (κ3) is 5.07. The summed E-state index contributed by atoms with van der Waals surface area (Å²) < 4.78 is 47.6. The highest BCUT2D eigenvalue weighted by molar-refractivity contribution is 6.74. The van der Waals surface area contributed by atoms with E-state index in [1.54, 1.807) is 0 Å². The van der Waals surface area contributed by atoms with Crippen LogP contribution < -0.4 is 0 Å². The van der Waals surface area contributed by atoms with Crippen LogP contribution in [0.25, 0.3) is 0 Å². The zero-order valence-corrected chi connectivity index (χ0v) is 28.6. The Bertz CT molecular complexity index is 872. The molecule has 0 aliphatic carbocycles. The summed E-state index contributed by atoms with van der Waals surface area (Å²) in [6.45, 7) is 26.3. The molecule has 0 aromatic heterocycles. The van der Waals surface area contributed by atoms with Crippen molar-refractivity contribution in [2.24, 2.45) is 0 Å². The first kappa shape index (κ1) is 30.6. The van der Waals surface area contributed by atoms with Gasteiger partial charge in [-0.15, -0.1) is 0 Å². The van der Waals surface area contributed by atoms with E-state index < -0.39 is 28.1 Å². The molecule has 9 atom stereocenters. The highest BCUT2D eigenvalue weighted by Crippen LogP contribution is 2.56. The summed E-state index contributed by atoms with van der Waals surface area (Å²) in [6.07, 6.45) is 2.40. The van der Waals surface area contributed by atoms with Gasteiger partial charge in [-0.05, 0) is 32.0 Å². The minimum Gasteiger partial charge on any atom is -0.411 e. The van der Waals surface area contributed by atoms with Crippen LogP contribution in [-0.2, 0) is 32.2 Å². The summed E-state index contributed by atoms with van der Waals surface area (Å²) in [5, 5.41) is -0.102. The number of hydrogen-bond donors (Lipinski definition) is 0. The Labute approximate surface area is 239 Å². The summed E-state index contributed by atoms with van der Waals surface area (Å²) in [5.41, 5.74) is -0.923. The van der Waals surface area contributed by atoms with Crippen LogP contribution in [-0.4, -0.2) is 84.0 Å². The number of hydrogen-bond acceptors (Lipinski definition) is 7. The van der Waals surface area contributed by atoms with E-state index in [9.17, 15) is 0 Å². The highest BCUT2D eigenvalue weighted by atomic mass is 28.4. The fraction of sp³-hybridized carbons (Fsp3) is 1.00. The van der Waals surface area contributed by atoms with Crippen LogP contribution in [0.4, 0.5) is 0 Å². The minimum atomic E-state index is -2.56. The minimum absolute atomic E-state index is 0.00325. The van der Waals surface area contributed by atoms with Gasteiger partial charge in [0.2, 0.25) is 0 Å². The van der Waals surface area contributed by atoms with Crippen LogP contribution in [0, 0.1) is 0 Å². The summed E-state index contributed by atoms with van der Waals surface area (Å²) in [6, 6.07) is 3.36. The maximum Gasteiger partial charge on any atom is 0.349 e. The third-order valence-electron chi connectivity index (χ3n) is 10.8. The van der Waals surface area contributed by atoms with Crippen molar-refractivity contribution < 1.29 is 32.2 Å². The molecule has 0 aromatic carbocycles. The van der Waals surface area contributed by atoms with Crippen LogP contribution in [0.3, 0.4) is 0 Å². The zero-order chi connectivity index (χ0) is 28.6. The molecule has 0 amide bonds. The fourth-order valence-electron chi connectivity index (χ4n) is 8.30. The molecule has 0 saturated carbocycles. The van der Waals surface area contributed by atoms with Crippen molar-refractivity contribution in [3.63, 3.8) is 0 Å². The molecular formula is C30H56O7Si2. The Morgan fingerprint density at radius 2 is 1.41 bits per heavy atom. The molecule has 39 heavy (non-hydrogen) atoms. The van der Waals surface area contributed by atoms with Gasteiger partial charge in [0.25, 0.3) is 0 Å². The molecule has 5 aliphatic rings. The average molecular weight is 585 g/mol. The van der Waals surface area contributed by atoms with E-state index >= 15 is 0 Å². The second-order valence-corrected chi connectivity index (χ2v) is 24.9. The van der Waals surface area contributed by atoms with Gasteiger partial charge in [-0.3, -0.25) is 0 Å². The summed E-state index contributed by atoms with van der Waals surface area (Å²) in [7, 11) is -4.41. The van der Waals surface area contributed by atoms with Crippen molar-refractivity contribution >= 4 is 16.9 Å². The lowest BCUT2D eigenvalue weighted by Crippen LogP contribution is -2.72. The number of ether oxygens (including phenoxy) is 4. The smallest absolute Gasteiger partial charge is 0.349 e. The molecule has 226 valence electrons. The van der Waals surface area contributed by atoms with Gasteiger partial charge < -0.3 is 32.2 Å². The molecule has 7 nitrogen and oxygen atoms in total. The van der Waals surface area contributed by atoms with Gasteiger partial charge in [0.15, 0.2) is 8.32 Å². The number of epoxide rings is 1. The predicted molar refractivity (Wildman–Crippen MR) is 157 cm³/mol. The highest BCUT2D eigenvalue weighted by Gasteiger charge is 2.66. The maximum absolute atomic E-state index is 7.15. The summed E-state index contributed by atoms with van der Waals surface area (Å²) in [4.78, 5) is 0. The van der Waals surface area contributed by atoms with Crippen molar-refractivity contribution in [1.29, 1.82) is 0 Å². The van der Waals surface area contributed by atoms with Crippen molar-refractivity contribution in [3.05, 3.63) is 0 Å². The van der Waals surface area contributed by atoms with Crippen LogP contribution in [0.5, 0.6) is 0 Å². The van der Waals surface area contributed by atoms with Gasteiger partial charge in [0.1, 0.15) is 17.8 Å². The van der Waals surface area contributed by atoms with Crippen molar-refractivity contribution in [3.8, 4) is 0 Å². The normalized spacial score (nSPS) is 44.2. The van der Waals surface area contributed by atoms with Crippen LogP contribution in [0.15, 0.2) is 0 Å². The largest absolute Gasteiger partial charge is 0.411 e. The predicted octanol–water partition coefficient (Wildman–Crippen LogP) is 6.49. The number of fused-ring (bicyclic) bond motifs is 3. The van der Waals surface area contributed by atoms with E-state index in [0.29, 0.717) is 6.61 Å². The first-order valence-electron chi connectivity index (χ1n) is 15.7. The Kier molecular flexibility index (Phi) is 7.94. The van der Waals surface area contributed by atoms with E-state index in [-0.39, 0.29) is 52.8 Å².